The fourth-order valence-electron chi connectivity index (χ4n) is 2.69. The van der Waals surface area contributed by atoms with Crippen LogP contribution in [0.5, 0.6) is 0 Å². The van der Waals surface area contributed by atoms with Crippen molar-refractivity contribution in [3.05, 3.63) is 42.2 Å². The van der Waals surface area contributed by atoms with Gasteiger partial charge in [0.05, 0.1) is 22.6 Å². The first-order valence-corrected chi connectivity index (χ1v) is 11.6. The van der Waals surface area contributed by atoms with E-state index in [4.69, 9.17) is 15.6 Å². The summed E-state index contributed by atoms with van der Waals surface area (Å²) in [7, 11) is -2.82. The van der Waals surface area contributed by atoms with Gasteiger partial charge in [-0.25, -0.2) is 13.4 Å². The highest BCUT2D eigenvalue weighted by molar-refractivity contribution is 8.00. The van der Waals surface area contributed by atoms with Crippen LogP contribution < -0.4 is 10.6 Å². The number of halogens is 2. The van der Waals surface area contributed by atoms with Gasteiger partial charge in [-0.3, -0.25) is 4.79 Å². The van der Waals surface area contributed by atoms with Gasteiger partial charge in [-0.15, -0.1) is 0 Å². The summed E-state index contributed by atoms with van der Waals surface area (Å²) in [6.45, 7) is 2.50. The molecule has 0 saturated carbocycles. The van der Waals surface area contributed by atoms with Crippen LogP contribution in [0, 0.1) is 0 Å². The Morgan fingerprint density at radius 2 is 2.10 bits per heavy atom. The van der Waals surface area contributed by atoms with Crippen LogP contribution in [-0.2, 0) is 14.6 Å². The van der Waals surface area contributed by atoms with Gasteiger partial charge in [-0.1, -0.05) is 11.8 Å². The maximum Gasteiger partial charge on any atom is 0.341 e. The smallest absolute Gasteiger partial charge is 0.341 e. The molecule has 31 heavy (non-hydrogen) atoms. The van der Waals surface area contributed by atoms with Crippen LogP contribution >= 0.6 is 11.8 Å². The SMILES string of the molecule is CC(=O)O.CN1c2cc(S(=O)(=O)C(F)F)ccc2SC1C=C1C=CN(CCCN)C=N1. The summed E-state index contributed by atoms with van der Waals surface area (Å²) in [5.74, 6) is -4.27. The van der Waals surface area contributed by atoms with Crippen LogP contribution in [0.4, 0.5) is 14.5 Å². The molecule has 1 unspecified atom stereocenters. The van der Waals surface area contributed by atoms with E-state index in [0.717, 1.165) is 30.5 Å². The molecule has 3 rings (SSSR count). The van der Waals surface area contributed by atoms with E-state index in [1.165, 1.54) is 23.9 Å². The first kappa shape index (κ1) is 24.8. The molecule has 0 aliphatic carbocycles. The van der Waals surface area contributed by atoms with E-state index < -0.39 is 21.6 Å². The number of carboxylic acid groups (broad SMARTS) is 1. The van der Waals surface area contributed by atoms with Gasteiger partial charge in [0, 0.05) is 31.6 Å². The van der Waals surface area contributed by atoms with E-state index in [1.54, 1.807) is 19.5 Å². The summed E-state index contributed by atoms with van der Waals surface area (Å²) in [5, 5.41) is 7.30. The molecule has 3 N–H and O–H groups in total. The summed E-state index contributed by atoms with van der Waals surface area (Å²) in [4.78, 5) is 17.7. The number of likely N-dealkylation sites (N-methyl/N-ethyl adjacent to an activating group) is 1. The number of nitrogens with zero attached hydrogens (tertiary/aromatic N) is 3. The number of anilines is 1. The predicted molar refractivity (Wildman–Crippen MR) is 117 cm³/mol. The lowest BCUT2D eigenvalue weighted by molar-refractivity contribution is -0.134. The summed E-state index contributed by atoms with van der Waals surface area (Å²) in [6, 6.07) is 4.10. The molecule has 12 heteroatoms. The summed E-state index contributed by atoms with van der Waals surface area (Å²) >= 11 is 1.51. The predicted octanol–water partition coefficient (Wildman–Crippen LogP) is 2.73. The molecule has 1 aromatic rings. The number of aliphatic imine (C=N–C) groups is 1. The van der Waals surface area contributed by atoms with Crippen molar-refractivity contribution in [2.24, 2.45) is 10.7 Å². The van der Waals surface area contributed by atoms with Crippen molar-refractivity contribution in [3.8, 4) is 0 Å². The first-order chi connectivity index (χ1) is 14.6. The minimum atomic E-state index is -4.61. The number of hydrogen-bond donors (Lipinski definition) is 2. The number of hydrogen-bond acceptors (Lipinski definition) is 8. The number of allylic oxidation sites excluding steroid dienone is 1. The van der Waals surface area contributed by atoms with Crippen molar-refractivity contribution in [1.82, 2.24) is 4.90 Å². The number of benzene rings is 1. The van der Waals surface area contributed by atoms with Gasteiger partial charge in [-0.2, -0.15) is 8.78 Å². The molecular weight excluding hydrogens is 450 g/mol. The minimum absolute atomic E-state index is 0.114. The van der Waals surface area contributed by atoms with Crippen molar-refractivity contribution in [2.45, 2.75) is 34.3 Å². The molecule has 2 aliphatic rings. The Hall–Kier alpha value is -2.44. The average Bonchev–Trinajstić information content (AvgIpc) is 3.02. The zero-order valence-corrected chi connectivity index (χ0v) is 18.6. The van der Waals surface area contributed by atoms with E-state index in [2.05, 4.69) is 4.99 Å². The Morgan fingerprint density at radius 3 is 2.65 bits per heavy atom. The quantitative estimate of drug-likeness (QED) is 0.647. The normalized spacial score (nSPS) is 18.9. The van der Waals surface area contributed by atoms with Crippen molar-refractivity contribution >= 4 is 39.6 Å². The van der Waals surface area contributed by atoms with Crippen molar-refractivity contribution in [3.63, 3.8) is 0 Å². The van der Waals surface area contributed by atoms with E-state index >= 15 is 0 Å². The second-order valence-corrected chi connectivity index (χ2v) is 9.68. The zero-order valence-electron chi connectivity index (χ0n) is 17.0. The number of nitrogens with two attached hydrogens (primary N) is 1. The largest absolute Gasteiger partial charge is 0.481 e. The van der Waals surface area contributed by atoms with Crippen LogP contribution in [0.3, 0.4) is 0 Å². The van der Waals surface area contributed by atoms with E-state index in [0.29, 0.717) is 12.2 Å². The maximum atomic E-state index is 12.8. The second-order valence-electron chi connectivity index (χ2n) is 6.61. The van der Waals surface area contributed by atoms with Gasteiger partial charge < -0.3 is 20.6 Å². The van der Waals surface area contributed by atoms with Gasteiger partial charge in [0.25, 0.3) is 5.97 Å². The molecule has 0 aromatic heterocycles. The van der Waals surface area contributed by atoms with Crippen molar-refractivity contribution < 1.29 is 27.1 Å². The number of carboxylic acids is 1. The fraction of sp³-hybridized carbons (Fsp3) is 0.368. The van der Waals surface area contributed by atoms with E-state index in [-0.39, 0.29) is 10.3 Å². The van der Waals surface area contributed by atoms with Crippen LogP contribution in [0.2, 0.25) is 0 Å². The molecule has 0 amide bonds. The second kappa shape index (κ2) is 10.7. The molecular formula is C19H24F2N4O4S2. The summed E-state index contributed by atoms with van der Waals surface area (Å²) in [6.07, 6.45) is 8.37. The fourth-order valence-corrected chi connectivity index (χ4v) is 4.64. The van der Waals surface area contributed by atoms with Crippen LogP contribution in [0.1, 0.15) is 13.3 Å². The standard InChI is InChI=1S/C17H20F2N4O2S2.C2H4O2/c1-22-14-10-13(27(24,25)17(18)19)3-4-15(14)26-16(22)9-12-5-8-23(11-21-12)7-2-6-20;1-2(3)4/h3-5,8-11,16-17H,2,6-7,20H2,1H3;1H3,(H,3,4). The monoisotopic (exact) mass is 474 g/mol. The number of carbonyl (C=O) groups is 1. The van der Waals surface area contributed by atoms with E-state index in [1.807, 2.05) is 28.2 Å². The molecule has 8 nitrogen and oxygen atoms in total. The van der Waals surface area contributed by atoms with Crippen molar-refractivity contribution in [2.75, 3.05) is 25.0 Å². The summed E-state index contributed by atoms with van der Waals surface area (Å²) in [5.41, 5.74) is 6.88. The number of alkyl halides is 2. The number of rotatable bonds is 6. The molecule has 170 valence electrons. The maximum absolute atomic E-state index is 12.8. The Labute approximate surface area is 184 Å². The molecule has 0 radical (unpaired) electrons. The van der Waals surface area contributed by atoms with Gasteiger partial charge in [0.15, 0.2) is 0 Å². The third kappa shape index (κ3) is 6.52. The third-order valence-corrected chi connectivity index (χ3v) is 6.90. The van der Waals surface area contributed by atoms with Crippen molar-refractivity contribution in [1.29, 1.82) is 0 Å². The number of sulfone groups is 1. The molecule has 2 heterocycles. The Morgan fingerprint density at radius 1 is 1.42 bits per heavy atom. The third-order valence-electron chi connectivity index (χ3n) is 4.23. The van der Waals surface area contributed by atoms with Crippen LogP contribution in [0.15, 0.2) is 57.0 Å². The Balaban J connectivity index is 0.000000785. The van der Waals surface area contributed by atoms with Crippen LogP contribution in [-0.4, -0.2) is 62.0 Å². The molecule has 0 fully saturated rings. The number of aliphatic carboxylic acids is 1. The average molecular weight is 475 g/mol. The lowest BCUT2D eigenvalue weighted by Crippen LogP contribution is -2.24. The van der Waals surface area contributed by atoms with Gasteiger partial charge in [-0.05, 0) is 43.3 Å². The van der Waals surface area contributed by atoms with Gasteiger partial charge >= 0.3 is 5.76 Å². The number of thioether (sulfide) groups is 1. The van der Waals surface area contributed by atoms with Gasteiger partial charge in [0.2, 0.25) is 9.84 Å². The summed E-state index contributed by atoms with van der Waals surface area (Å²) < 4.78 is 49.0. The number of fused-ring (bicyclic) bond motifs is 1. The minimum Gasteiger partial charge on any atom is -0.481 e. The molecule has 0 bridgehead atoms. The highest BCUT2D eigenvalue weighted by Gasteiger charge is 2.31. The highest BCUT2D eigenvalue weighted by Crippen LogP contribution is 2.44. The molecule has 0 spiro atoms. The lowest BCUT2D eigenvalue weighted by atomic mass is 10.3. The molecule has 2 aliphatic heterocycles. The Bertz CT molecular complexity index is 977. The molecule has 1 atom stereocenters. The molecule has 1 aromatic carbocycles. The van der Waals surface area contributed by atoms with E-state index in [9.17, 15) is 17.2 Å². The Kier molecular flexibility index (Phi) is 8.60. The first-order valence-electron chi connectivity index (χ1n) is 9.21. The topological polar surface area (TPSA) is 116 Å². The van der Waals surface area contributed by atoms with Gasteiger partial charge in [0.1, 0.15) is 5.37 Å². The van der Waals surface area contributed by atoms with Crippen LogP contribution in [0.25, 0.3) is 0 Å². The highest BCUT2D eigenvalue weighted by atomic mass is 32.2. The lowest BCUT2D eigenvalue weighted by Gasteiger charge is -2.21. The zero-order chi connectivity index (χ0) is 23.2. The molecule has 0 saturated heterocycles.